The van der Waals surface area contributed by atoms with Gasteiger partial charge in [-0.15, -0.1) is 0 Å². The molecular weight excluding hydrogens is 382 g/mol. The summed E-state index contributed by atoms with van der Waals surface area (Å²) in [6.45, 7) is 8.11. The van der Waals surface area contributed by atoms with E-state index in [1.807, 2.05) is 18.3 Å². The number of aryl methyl sites for hydroxylation is 3. The summed E-state index contributed by atoms with van der Waals surface area (Å²) in [5.74, 6) is 5.53. The summed E-state index contributed by atoms with van der Waals surface area (Å²) in [4.78, 5) is 5.02. The van der Waals surface area contributed by atoms with Gasteiger partial charge in [0, 0.05) is 17.3 Å². The largest absolute Gasteiger partial charge is 0.323 e. The molecule has 2 heterocycles. The summed E-state index contributed by atoms with van der Waals surface area (Å²) >= 11 is 0. The number of nitrogens with two attached hydrogens (primary N) is 1. The first-order chi connectivity index (χ1) is 14.9. The van der Waals surface area contributed by atoms with Crippen molar-refractivity contribution in [3.05, 3.63) is 83.2 Å². The smallest absolute Gasteiger partial charge is 0.138 e. The lowest BCUT2D eigenvalue weighted by atomic mass is 9.93. The van der Waals surface area contributed by atoms with Crippen LogP contribution < -0.4 is 5.84 Å². The first-order valence-corrected chi connectivity index (χ1v) is 10.5. The minimum Gasteiger partial charge on any atom is -0.323 e. The molecule has 2 aromatic carbocycles. The van der Waals surface area contributed by atoms with Crippen molar-refractivity contribution in [2.24, 2.45) is 10.9 Å². The van der Waals surface area contributed by atoms with Crippen LogP contribution in [0.3, 0.4) is 0 Å². The van der Waals surface area contributed by atoms with Crippen LogP contribution in [0.5, 0.6) is 0 Å². The maximum atomic E-state index is 7.94. The monoisotopic (exact) mass is 409 g/mol. The predicted octanol–water partition coefficient (Wildman–Crippen LogP) is 5.55. The van der Waals surface area contributed by atoms with Gasteiger partial charge < -0.3 is 15.7 Å². The number of benzene rings is 2. The lowest BCUT2D eigenvalue weighted by molar-refractivity contribution is 0.997. The molecule has 0 radical (unpaired) electrons. The summed E-state index contributed by atoms with van der Waals surface area (Å²) in [6.07, 6.45) is 2.84. The van der Waals surface area contributed by atoms with Crippen molar-refractivity contribution in [2.75, 3.05) is 0 Å². The summed E-state index contributed by atoms with van der Waals surface area (Å²) in [6, 6.07) is 18.9. The molecule has 0 saturated heterocycles. The number of hydrogen-bond acceptors (Lipinski definition) is 4. The Balaban J connectivity index is 1.94. The van der Waals surface area contributed by atoms with Gasteiger partial charge in [-0.3, -0.25) is 0 Å². The average Bonchev–Trinajstić information content (AvgIpc) is 3.12. The Bertz CT molecular complexity index is 1330. The second-order valence-corrected chi connectivity index (χ2v) is 7.87. The molecule has 0 fully saturated rings. The predicted molar refractivity (Wildman–Crippen MR) is 129 cm³/mol. The molecule has 5 nitrogen and oxygen atoms in total. The van der Waals surface area contributed by atoms with Crippen molar-refractivity contribution in [1.82, 2.24) is 9.38 Å². The zero-order chi connectivity index (χ0) is 22.1. The molecule has 0 aliphatic carbocycles. The topological polar surface area (TPSA) is 79.5 Å². The average molecular weight is 410 g/mol. The van der Waals surface area contributed by atoms with Gasteiger partial charge in [-0.2, -0.15) is 5.10 Å². The third-order valence-corrected chi connectivity index (χ3v) is 5.67. The van der Waals surface area contributed by atoms with Gasteiger partial charge in [0.1, 0.15) is 11.4 Å². The molecule has 31 heavy (non-hydrogen) atoms. The van der Waals surface area contributed by atoms with Crippen LogP contribution in [0.2, 0.25) is 0 Å². The molecule has 0 bridgehead atoms. The Morgan fingerprint density at radius 1 is 1.03 bits per heavy atom. The maximum absolute atomic E-state index is 7.94. The van der Waals surface area contributed by atoms with Crippen LogP contribution in [0, 0.1) is 19.3 Å². The second-order valence-electron chi connectivity index (χ2n) is 7.87. The number of hydrazone groups is 1. The van der Waals surface area contributed by atoms with Crippen molar-refractivity contribution >= 4 is 17.1 Å². The van der Waals surface area contributed by atoms with Gasteiger partial charge in [0.05, 0.1) is 17.1 Å². The van der Waals surface area contributed by atoms with Gasteiger partial charge in [-0.05, 0) is 56.0 Å². The molecule has 5 heteroatoms. The zero-order valence-corrected chi connectivity index (χ0v) is 18.4. The molecule has 0 aliphatic rings. The minimum absolute atomic E-state index is 0.328. The summed E-state index contributed by atoms with van der Waals surface area (Å²) in [5.41, 5.74) is 10.6. The lowest BCUT2D eigenvalue weighted by Gasteiger charge is -2.12. The van der Waals surface area contributed by atoms with E-state index in [9.17, 15) is 0 Å². The Morgan fingerprint density at radius 2 is 1.77 bits per heavy atom. The number of nitrogens with one attached hydrogen (secondary N) is 1. The van der Waals surface area contributed by atoms with Gasteiger partial charge >= 0.3 is 0 Å². The molecule has 0 spiro atoms. The summed E-state index contributed by atoms with van der Waals surface area (Å²) < 4.78 is 2.12. The van der Waals surface area contributed by atoms with Crippen molar-refractivity contribution in [3.63, 3.8) is 0 Å². The van der Waals surface area contributed by atoms with Gasteiger partial charge in [0.25, 0.3) is 0 Å². The Labute approximate surface area is 182 Å². The molecule has 2 aromatic heterocycles. The summed E-state index contributed by atoms with van der Waals surface area (Å²) in [5, 5.41) is 11.7. The Morgan fingerprint density at radius 3 is 2.42 bits per heavy atom. The van der Waals surface area contributed by atoms with E-state index in [0.717, 1.165) is 34.6 Å². The third-order valence-electron chi connectivity index (χ3n) is 5.67. The van der Waals surface area contributed by atoms with Crippen LogP contribution in [-0.2, 0) is 6.42 Å². The highest BCUT2D eigenvalue weighted by Crippen LogP contribution is 2.36. The highest BCUT2D eigenvalue weighted by molar-refractivity contribution is 6.46. The highest BCUT2D eigenvalue weighted by atomic mass is 15.1. The van der Waals surface area contributed by atoms with Gasteiger partial charge in [0.15, 0.2) is 0 Å². The fourth-order valence-corrected chi connectivity index (χ4v) is 4.22. The van der Waals surface area contributed by atoms with Gasteiger partial charge in [0.2, 0.25) is 0 Å². The lowest BCUT2D eigenvalue weighted by Crippen LogP contribution is -2.13. The number of fused-ring (bicyclic) bond motifs is 1. The van der Waals surface area contributed by atoms with Gasteiger partial charge in [-0.1, -0.05) is 55.0 Å². The Hall–Kier alpha value is -3.73. The first-order valence-electron chi connectivity index (χ1n) is 10.5. The molecule has 0 unspecified atom stereocenters. The standard InChI is InChI=1S/C26H27N5/c1-5-23-26(29-24-15-19(12-13-31(23)24)25(30-28)18(4)27)22-9-7-6-8-21(22)20-11-10-16(2)14-17(20)3/h6-15,27H,5,28H2,1-4H3/b27-18?,30-25+. The van der Waals surface area contributed by atoms with E-state index < -0.39 is 0 Å². The molecule has 0 saturated carbocycles. The molecular formula is C26H27N5. The molecule has 0 atom stereocenters. The Kier molecular flexibility index (Phi) is 5.42. The van der Waals surface area contributed by atoms with Crippen molar-refractivity contribution < 1.29 is 0 Å². The normalized spacial score (nSPS) is 11.8. The SMILES string of the molecule is CCc1c(-c2ccccc2-c2ccc(C)cc2C)nc2cc(/C(=N/N)C(C)=N)ccn12. The highest BCUT2D eigenvalue weighted by Gasteiger charge is 2.18. The van der Waals surface area contributed by atoms with Crippen LogP contribution in [-0.4, -0.2) is 20.8 Å². The second kappa shape index (κ2) is 8.19. The number of rotatable bonds is 5. The molecule has 4 aromatic rings. The van der Waals surface area contributed by atoms with E-state index in [1.165, 1.54) is 22.3 Å². The maximum Gasteiger partial charge on any atom is 0.138 e. The molecule has 3 N–H and O–H groups in total. The van der Waals surface area contributed by atoms with Crippen molar-refractivity contribution in [3.8, 4) is 22.4 Å². The molecule has 0 aliphatic heterocycles. The van der Waals surface area contributed by atoms with E-state index in [2.05, 4.69) is 72.7 Å². The fraction of sp³-hybridized carbons (Fsp3) is 0.192. The van der Waals surface area contributed by atoms with Crippen molar-refractivity contribution in [2.45, 2.75) is 34.1 Å². The van der Waals surface area contributed by atoms with E-state index in [4.69, 9.17) is 16.2 Å². The summed E-state index contributed by atoms with van der Waals surface area (Å²) in [7, 11) is 0. The van der Waals surface area contributed by atoms with Crippen LogP contribution in [0.25, 0.3) is 28.0 Å². The first kappa shape index (κ1) is 20.5. The van der Waals surface area contributed by atoms with E-state index in [0.29, 0.717) is 11.4 Å². The molecule has 0 amide bonds. The van der Waals surface area contributed by atoms with Crippen LogP contribution in [0.4, 0.5) is 0 Å². The number of hydrogen-bond donors (Lipinski definition) is 2. The number of aromatic nitrogens is 2. The molecule has 4 rings (SSSR count). The van der Waals surface area contributed by atoms with Crippen molar-refractivity contribution in [1.29, 1.82) is 5.41 Å². The van der Waals surface area contributed by atoms with E-state index in [-0.39, 0.29) is 0 Å². The third kappa shape index (κ3) is 3.63. The quantitative estimate of drug-likeness (QED) is 0.257. The van der Waals surface area contributed by atoms with E-state index in [1.54, 1.807) is 6.92 Å². The van der Waals surface area contributed by atoms with Crippen LogP contribution in [0.1, 0.15) is 36.2 Å². The van der Waals surface area contributed by atoms with Crippen LogP contribution in [0.15, 0.2) is 65.9 Å². The number of pyridine rings is 1. The number of nitrogens with zero attached hydrogens (tertiary/aromatic N) is 3. The fourth-order valence-electron chi connectivity index (χ4n) is 4.22. The zero-order valence-electron chi connectivity index (χ0n) is 18.4. The van der Waals surface area contributed by atoms with Crippen LogP contribution >= 0.6 is 0 Å². The minimum atomic E-state index is 0.328. The van der Waals surface area contributed by atoms with E-state index >= 15 is 0 Å². The number of imidazole rings is 1. The van der Waals surface area contributed by atoms with Gasteiger partial charge in [-0.25, -0.2) is 4.98 Å². The molecule has 156 valence electrons.